The van der Waals surface area contributed by atoms with Crippen LogP contribution in [0.1, 0.15) is 16.2 Å². The molecule has 0 aliphatic heterocycles. The molecular weight excluding hydrogens is 230 g/mol. The number of methoxy groups -OCH3 is 1. The molecule has 0 aliphatic carbocycles. The number of aromatic nitrogens is 2. The largest absolute Gasteiger partial charge is 0.497 e. The van der Waals surface area contributed by atoms with Crippen LogP contribution in [0.2, 0.25) is 0 Å². The summed E-state index contributed by atoms with van der Waals surface area (Å²) < 4.78 is 5.07. The number of nitrogens with one attached hydrogen (secondary N) is 1. The van der Waals surface area contributed by atoms with Gasteiger partial charge < -0.3 is 10.1 Å². The summed E-state index contributed by atoms with van der Waals surface area (Å²) in [5.41, 5.74) is 1.85. The number of anilines is 2. The lowest BCUT2D eigenvalue weighted by Gasteiger charge is -2.08. The molecule has 5 heteroatoms. The Hall–Kier alpha value is -2.43. The Morgan fingerprint density at radius 1 is 1.28 bits per heavy atom. The van der Waals surface area contributed by atoms with E-state index >= 15 is 0 Å². The minimum atomic E-state index is 0.288. The van der Waals surface area contributed by atoms with E-state index in [4.69, 9.17) is 4.74 Å². The van der Waals surface area contributed by atoms with Crippen molar-refractivity contribution in [2.24, 2.45) is 0 Å². The summed E-state index contributed by atoms with van der Waals surface area (Å²) in [6, 6.07) is 7.34. The van der Waals surface area contributed by atoms with E-state index in [9.17, 15) is 4.79 Å². The number of ether oxygens (including phenoxy) is 1. The molecule has 0 fully saturated rings. The molecule has 1 aromatic heterocycles. The second-order valence-corrected chi connectivity index (χ2v) is 3.72. The Morgan fingerprint density at radius 2 is 2.00 bits per heavy atom. The minimum Gasteiger partial charge on any atom is -0.497 e. The zero-order valence-corrected chi connectivity index (χ0v) is 10.2. The summed E-state index contributed by atoms with van der Waals surface area (Å²) in [5.74, 6) is 1.22. The predicted molar refractivity (Wildman–Crippen MR) is 68.4 cm³/mol. The number of rotatable bonds is 4. The fourth-order valence-electron chi connectivity index (χ4n) is 1.48. The third kappa shape index (κ3) is 2.63. The van der Waals surface area contributed by atoms with Gasteiger partial charge >= 0.3 is 0 Å². The van der Waals surface area contributed by atoms with E-state index in [-0.39, 0.29) is 5.69 Å². The van der Waals surface area contributed by atoms with E-state index in [0.29, 0.717) is 12.1 Å². The Morgan fingerprint density at radius 3 is 2.61 bits per heavy atom. The van der Waals surface area contributed by atoms with Crippen molar-refractivity contribution >= 4 is 17.8 Å². The average Bonchev–Trinajstić information content (AvgIpc) is 2.40. The molecule has 1 aromatic carbocycles. The predicted octanol–water partition coefficient (Wildman–Crippen LogP) is 2.35. The Kier molecular flexibility index (Phi) is 3.52. The fourth-order valence-corrected chi connectivity index (χ4v) is 1.48. The van der Waals surface area contributed by atoms with Gasteiger partial charge in [-0.2, -0.15) is 0 Å². The van der Waals surface area contributed by atoms with Crippen molar-refractivity contribution in [1.29, 1.82) is 0 Å². The SMILES string of the molecule is COc1ccc(Nc2nc(C)cnc2C=O)cc1. The van der Waals surface area contributed by atoms with Crippen LogP contribution in [0.5, 0.6) is 5.75 Å². The van der Waals surface area contributed by atoms with Crippen LogP contribution in [0.15, 0.2) is 30.5 Å². The van der Waals surface area contributed by atoms with Crippen molar-refractivity contribution < 1.29 is 9.53 Å². The standard InChI is InChI=1S/C13H13N3O2/c1-9-7-14-12(8-17)13(15-9)16-10-3-5-11(18-2)6-4-10/h3-8H,1-2H3,(H,15,16). The number of benzene rings is 1. The third-order valence-electron chi connectivity index (χ3n) is 2.39. The lowest BCUT2D eigenvalue weighted by Crippen LogP contribution is -2.02. The van der Waals surface area contributed by atoms with E-state index in [1.807, 2.05) is 31.2 Å². The van der Waals surface area contributed by atoms with Crippen LogP contribution < -0.4 is 10.1 Å². The molecule has 1 heterocycles. The molecule has 0 spiro atoms. The Bertz CT molecular complexity index is 553. The van der Waals surface area contributed by atoms with Gasteiger partial charge in [0.25, 0.3) is 0 Å². The summed E-state index contributed by atoms with van der Waals surface area (Å²) >= 11 is 0. The normalized spacial score (nSPS) is 9.89. The number of hydrogen-bond donors (Lipinski definition) is 1. The van der Waals surface area contributed by atoms with Crippen LogP contribution in [-0.4, -0.2) is 23.4 Å². The molecule has 5 nitrogen and oxygen atoms in total. The van der Waals surface area contributed by atoms with Crippen LogP contribution in [-0.2, 0) is 0 Å². The monoisotopic (exact) mass is 243 g/mol. The van der Waals surface area contributed by atoms with Gasteiger partial charge in [0.2, 0.25) is 0 Å². The van der Waals surface area contributed by atoms with Crippen molar-refractivity contribution in [2.45, 2.75) is 6.92 Å². The average molecular weight is 243 g/mol. The summed E-state index contributed by atoms with van der Waals surface area (Å²) in [6.45, 7) is 1.82. The van der Waals surface area contributed by atoms with E-state index in [2.05, 4.69) is 15.3 Å². The molecule has 1 N–H and O–H groups in total. The number of carbonyl (C=O) groups is 1. The summed E-state index contributed by atoms with van der Waals surface area (Å²) in [5, 5.41) is 3.06. The zero-order chi connectivity index (χ0) is 13.0. The Labute approximate surface area is 105 Å². The highest BCUT2D eigenvalue weighted by Crippen LogP contribution is 2.19. The van der Waals surface area contributed by atoms with Gasteiger partial charge in [0, 0.05) is 11.9 Å². The molecule has 0 radical (unpaired) electrons. The lowest BCUT2D eigenvalue weighted by atomic mass is 10.3. The number of aldehydes is 1. The lowest BCUT2D eigenvalue weighted by molar-refractivity contribution is 0.111. The quantitative estimate of drug-likeness (QED) is 0.835. The number of hydrogen-bond acceptors (Lipinski definition) is 5. The molecule has 0 bridgehead atoms. The van der Waals surface area contributed by atoms with Gasteiger partial charge in [0.15, 0.2) is 12.1 Å². The van der Waals surface area contributed by atoms with Crippen molar-refractivity contribution in [3.63, 3.8) is 0 Å². The van der Waals surface area contributed by atoms with Crippen LogP contribution >= 0.6 is 0 Å². The molecule has 0 amide bonds. The molecule has 0 saturated heterocycles. The van der Waals surface area contributed by atoms with Gasteiger partial charge in [-0.15, -0.1) is 0 Å². The van der Waals surface area contributed by atoms with Crippen LogP contribution in [0.25, 0.3) is 0 Å². The number of nitrogens with zero attached hydrogens (tertiary/aromatic N) is 2. The van der Waals surface area contributed by atoms with Gasteiger partial charge in [-0.3, -0.25) is 4.79 Å². The highest BCUT2D eigenvalue weighted by molar-refractivity contribution is 5.81. The maximum absolute atomic E-state index is 10.9. The molecule has 0 atom stereocenters. The Balaban J connectivity index is 2.27. The fraction of sp³-hybridized carbons (Fsp3) is 0.154. The summed E-state index contributed by atoms with van der Waals surface area (Å²) in [4.78, 5) is 19.1. The molecule has 18 heavy (non-hydrogen) atoms. The highest BCUT2D eigenvalue weighted by atomic mass is 16.5. The van der Waals surface area contributed by atoms with Gasteiger partial charge in [0.05, 0.1) is 12.8 Å². The molecule has 0 aliphatic rings. The van der Waals surface area contributed by atoms with Crippen LogP contribution in [0, 0.1) is 6.92 Å². The first-order valence-corrected chi connectivity index (χ1v) is 5.43. The molecule has 2 aromatic rings. The maximum atomic E-state index is 10.9. The first-order valence-electron chi connectivity index (χ1n) is 5.43. The molecule has 2 rings (SSSR count). The maximum Gasteiger partial charge on any atom is 0.172 e. The van der Waals surface area contributed by atoms with E-state index in [1.54, 1.807) is 13.3 Å². The second-order valence-electron chi connectivity index (χ2n) is 3.72. The van der Waals surface area contributed by atoms with Gasteiger partial charge in [-0.05, 0) is 31.2 Å². The van der Waals surface area contributed by atoms with Crippen molar-refractivity contribution in [3.8, 4) is 5.75 Å². The van der Waals surface area contributed by atoms with E-state index < -0.39 is 0 Å². The van der Waals surface area contributed by atoms with Crippen LogP contribution in [0.3, 0.4) is 0 Å². The van der Waals surface area contributed by atoms with E-state index in [0.717, 1.165) is 17.1 Å². The van der Waals surface area contributed by atoms with Gasteiger partial charge in [-0.25, -0.2) is 9.97 Å². The first kappa shape index (κ1) is 12.0. The topological polar surface area (TPSA) is 64.1 Å². The van der Waals surface area contributed by atoms with Gasteiger partial charge in [0.1, 0.15) is 11.4 Å². The first-order chi connectivity index (χ1) is 8.72. The van der Waals surface area contributed by atoms with Crippen molar-refractivity contribution in [1.82, 2.24) is 9.97 Å². The van der Waals surface area contributed by atoms with Crippen molar-refractivity contribution in [3.05, 3.63) is 41.9 Å². The number of carbonyl (C=O) groups excluding carboxylic acids is 1. The molecule has 92 valence electrons. The molecule has 0 saturated carbocycles. The second kappa shape index (κ2) is 5.27. The van der Waals surface area contributed by atoms with Crippen LogP contribution in [0.4, 0.5) is 11.5 Å². The number of aryl methyl sites for hydroxylation is 1. The van der Waals surface area contributed by atoms with Gasteiger partial charge in [-0.1, -0.05) is 0 Å². The summed E-state index contributed by atoms with van der Waals surface area (Å²) in [7, 11) is 1.61. The highest BCUT2D eigenvalue weighted by Gasteiger charge is 2.05. The smallest absolute Gasteiger partial charge is 0.172 e. The third-order valence-corrected chi connectivity index (χ3v) is 2.39. The summed E-state index contributed by atoms with van der Waals surface area (Å²) in [6.07, 6.45) is 2.24. The molecule has 0 unspecified atom stereocenters. The zero-order valence-electron chi connectivity index (χ0n) is 10.2. The van der Waals surface area contributed by atoms with E-state index in [1.165, 1.54) is 0 Å². The molecular formula is C13H13N3O2. The van der Waals surface area contributed by atoms with Crippen molar-refractivity contribution in [2.75, 3.05) is 12.4 Å². The minimum absolute atomic E-state index is 0.288.